The van der Waals surface area contributed by atoms with E-state index in [0.29, 0.717) is 0 Å². The second-order valence-corrected chi connectivity index (χ2v) is 5.87. The molecule has 1 aliphatic heterocycles. The molecular weight excluding hydrogens is 274 g/mol. The molecule has 0 saturated carbocycles. The van der Waals surface area contributed by atoms with Crippen molar-refractivity contribution in [1.82, 2.24) is 4.90 Å². The van der Waals surface area contributed by atoms with Crippen LogP contribution in [-0.4, -0.2) is 24.5 Å². The zero-order chi connectivity index (χ0) is 15.6. The molecule has 0 bridgehead atoms. The number of hydrogen-bond acceptors (Lipinski definition) is 3. The van der Waals surface area contributed by atoms with E-state index in [4.69, 9.17) is 4.74 Å². The largest absolute Gasteiger partial charge is 0.467 e. The predicted molar refractivity (Wildman–Crippen MR) is 86.4 cm³/mol. The number of carbonyl (C=O) groups excluding carboxylic acids is 1. The van der Waals surface area contributed by atoms with E-state index in [2.05, 4.69) is 29.2 Å². The number of methoxy groups -OCH3 is 1. The van der Waals surface area contributed by atoms with E-state index >= 15 is 0 Å². The average molecular weight is 295 g/mol. The number of hydrogen-bond donors (Lipinski definition) is 0. The zero-order valence-electron chi connectivity index (χ0n) is 13.1. The van der Waals surface area contributed by atoms with E-state index < -0.39 is 5.54 Å². The molecule has 0 unspecified atom stereocenters. The fourth-order valence-corrected chi connectivity index (χ4v) is 3.27. The number of fused-ring (bicyclic) bond motifs is 1. The van der Waals surface area contributed by atoms with Gasteiger partial charge in [-0.3, -0.25) is 4.90 Å². The van der Waals surface area contributed by atoms with Crippen LogP contribution in [0.2, 0.25) is 0 Å². The lowest BCUT2D eigenvalue weighted by molar-refractivity contribution is -0.156. The molecular formula is C19H21NO2. The van der Waals surface area contributed by atoms with Crippen LogP contribution >= 0.6 is 0 Å². The van der Waals surface area contributed by atoms with E-state index in [0.717, 1.165) is 25.1 Å². The summed E-state index contributed by atoms with van der Waals surface area (Å²) in [7, 11) is 1.46. The van der Waals surface area contributed by atoms with E-state index in [9.17, 15) is 4.79 Å². The number of nitrogens with zero attached hydrogens (tertiary/aromatic N) is 1. The summed E-state index contributed by atoms with van der Waals surface area (Å²) in [5, 5.41) is 0. The van der Waals surface area contributed by atoms with Crippen molar-refractivity contribution in [2.24, 2.45) is 0 Å². The molecule has 0 aromatic heterocycles. The van der Waals surface area contributed by atoms with Crippen LogP contribution in [0, 0.1) is 0 Å². The fourth-order valence-electron chi connectivity index (χ4n) is 3.27. The van der Waals surface area contributed by atoms with Gasteiger partial charge in [0.15, 0.2) is 0 Å². The first kappa shape index (κ1) is 14.8. The van der Waals surface area contributed by atoms with E-state index in [1.807, 2.05) is 37.3 Å². The van der Waals surface area contributed by atoms with Gasteiger partial charge in [0.1, 0.15) is 5.54 Å². The molecule has 114 valence electrons. The Balaban J connectivity index is 2.00. The molecule has 0 fully saturated rings. The highest BCUT2D eigenvalue weighted by atomic mass is 16.5. The maximum absolute atomic E-state index is 12.6. The van der Waals surface area contributed by atoms with Gasteiger partial charge in [0, 0.05) is 13.1 Å². The van der Waals surface area contributed by atoms with Crippen molar-refractivity contribution in [3.05, 3.63) is 71.3 Å². The van der Waals surface area contributed by atoms with Crippen molar-refractivity contribution in [2.75, 3.05) is 13.7 Å². The molecule has 1 heterocycles. The first-order chi connectivity index (χ1) is 10.7. The molecule has 22 heavy (non-hydrogen) atoms. The van der Waals surface area contributed by atoms with Crippen LogP contribution in [0.3, 0.4) is 0 Å². The summed E-state index contributed by atoms with van der Waals surface area (Å²) < 4.78 is 5.13. The quantitative estimate of drug-likeness (QED) is 0.815. The molecule has 0 amide bonds. The van der Waals surface area contributed by atoms with Gasteiger partial charge < -0.3 is 4.74 Å². The Morgan fingerprint density at radius 2 is 1.68 bits per heavy atom. The van der Waals surface area contributed by atoms with E-state index in [1.165, 1.54) is 18.2 Å². The normalized spacial score (nSPS) is 17.4. The third kappa shape index (κ3) is 2.42. The standard InChI is InChI=1S/C19H21NO2/c1-19(18(21)22-2,17-10-4-3-5-11-17)20-13-12-15-8-6-7-9-16(15)14-20/h3-11H,12-14H2,1-2H3/t19-/m1/s1. The highest BCUT2D eigenvalue weighted by Gasteiger charge is 2.43. The number of rotatable bonds is 3. The first-order valence-corrected chi connectivity index (χ1v) is 7.62. The van der Waals surface area contributed by atoms with Crippen molar-refractivity contribution in [3.8, 4) is 0 Å². The van der Waals surface area contributed by atoms with Crippen LogP contribution < -0.4 is 0 Å². The van der Waals surface area contributed by atoms with Crippen LogP contribution in [0.5, 0.6) is 0 Å². The highest BCUT2D eigenvalue weighted by molar-refractivity contribution is 5.82. The highest BCUT2D eigenvalue weighted by Crippen LogP contribution is 2.34. The van der Waals surface area contributed by atoms with Gasteiger partial charge in [0.05, 0.1) is 7.11 Å². The molecule has 3 nitrogen and oxygen atoms in total. The maximum Gasteiger partial charge on any atom is 0.330 e. The molecule has 0 N–H and O–H groups in total. The predicted octanol–water partition coefficient (Wildman–Crippen LogP) is 3.13. The summed E-state index contributed by atoms with van der Waals surface area (Å²) in [5.41, 5.74) is 2.88. The smallest absolute Gasteiger partial charge is 0.330 e. The molecule has 3 rings (SSSR count). The lowest BCUT2D eigenvalue weighted by Gasteiger charge is -2.42. The number of ether oxygens (including phenoxy) is 1. The minimum atomic E-state index is -0.760. The summed E-state index contributed by atoms with van der Waals surface area (Å²) in [4.78, 5) is 14.8. The maximum atomic E-state index is 12.6. The number of carbonyl (C=O) groups is 1. The Morgan fingerprint density at radius 3 is 2.36 bits per heavy atom. The topological polar surface area (TPSA) is 29.5 Å². The Kier molecular flexibility index (Phi) is 3.99. The van der Waals surface area contributed by atoms with Crippen LogP contribution in [-0.2, 0) is 28.0 Å². The van der Waals surface area contributed by atoms with E-state index in [-0.39, 0.29) is 5.97 Å². The second kappa shape index (κ2) is 5.93. The van der Waals surface area contributed by atoms with Crippen molar-refractivity contribution in [2.45, 2.75) is 25.4 Å². The lowest BCUT2D eigenvalue weighted by Crippen LogP contribution is -2.52. The molecule has 0 spiro atoms. The summed E-state index contributed by atoms with van der Waals surface area (Å²) in [6.45, 7) is 3.57. The Labute approximate surface area is 131 Å². The van der Waals surface area contributed by atoms with Gasteiger partial charge in [0.2, 0.25) is 0 Å². The van der Waals surface area contributed by atoms with Gasteiger partial charge in [-0.1, -0.05) is 54.6 Å². The molecule has 2 aromatic carbocycles. The molecule has 3 heteroatoms. The van der Waals surface area contributed by atoms with Crippen LogP contribution in [0.4, 0.5) is 0 Å². The average Bonchev–Trinajstić information content (AvgIpc) is 2.60. The summed E-state index contributed by atoms with van der Waals surface area (Å²) >= 11 is 0. The number of esters is 1. The SMILES string of the molecule is COC(=O)[C@@](C)(c1ccccc1)N1CCc2ccccc2C1. The summed E-state index contributed by atoms with van der Waals surface area (Å²) in [5.74, 6) is -0.210. The van der Waals surface area contributed by atoms with Crippen molar-refractivity contribution in [1.29, 1.82) is 0 Å². The van der Waals surface area contributed by atoms with Gasteiger partial charge >= 0.3 is 5.97 Å². The van der Waals surface area contributed by atoms with Gasteiger partial charge in [-0.15, -0.1) is 0 Å². The van der Waals surface area contributed by atoms with Crippen molar-refractivity contribution >= 4 is 5.97 Å². The summed E-state index contributed by atoms with van der Waals surface area (Å²) in [6.07, 6.45) is 0.954. The summed E-state index contributed by atoms with van der Waals surface area (Å²) in [6, 6.07) is 18.3. The minimum absolute atomic E-state index is 0.210. The minimum Gasteiger partial charge on any atom is -0.467 e. The molecule has 2 aromatic rings. The molecule has 1 aliphatic rings. The zero-order valence-corrected chi connectivity index (χ0v) is 13.1. The van der Waals surface area contributed by atoms with Gasteiger partial charge in [-0.25, -0.2) is 4.79 Å². The third-order valence-electron chi connectivity index (χ3n) is 4.68. The van der Waals surface area contributed by atoms with Crippen molar-refractivity contribution < 1.29 is 9.53 Å². The Morgan fingerprint density at radius 1 is 1.05 bits per heavy atom. The lowest BCUT2D eigenvalue weighted by atomic mass is 9.87. The molecule has 1 atom stereocenters. The third-order valence-corrected chi connectivity index (χ3v) is 4.68. The number of benzene rings is 2. The molecule has 0 saturated heterocycles. The van der Waals surface area contributed by atoms with Crippen LogP contribution in [0.25, 0.3) is 0 Å². The van der Waals surface area contributed by atoms with Gasteiger partial charge in [-0.2, -0.15) is 0 Å². The monoisotopic (exact) mass is 295 g/mol. The van der Waals surface area contributed by atoms with E-state index in [1.54, 1.807) is 0 Å². The fraction of sp³-hybridized carbons (Fsp3) is 0.316. The van der Waals surface area contributed by atoms with Gasteiger partial charge in [0.25, 0.3) is 0 Å². The first-order valence-electron chi connectivity index (χ1n) is 7.62. The Bertz CT molecular complexity index is 668. The van der Waals surface area contributed by atoms with Crippen LogP contribution in [0.15, 0.2) is 54.6 Å². The van der Waals surface area contributed by atoms with Gasteiger partial charge in [-0.05, 0) is 30.0 Å². The second-order valence-electron chi connectivity index (χ2n) is 5.87. The van der Waals surface area contributed by atoms with Crippen molar-refractivity contribution in [3.63, 3.8) is 0 Å². The molecule has 0 aliphatic carbocycles. The Hall–Kier alpha value is -2.13. The molecule has 0 radical (unpaired) electrons. The van der Waals surface area contributed by atoms with Crippen LogP contribution in [0.1, 0.15) is 23.6 Å².